The van der Waals surface area contributed by atoms with E-state index in [0.717, 1.165) is 0 Å². The van der Waals surface area contributed by atoms with E-state index in [4.69, 9.17) is 16.3 Å². The van der Waals surface area contributed by atoms with Crippen molar-refractivity contribution >= 4 is 27.7 Å². The first-order chi connectivity index (χ1) is 8.50. The van der Waals surface area contributed by atoms with Crippen molar-refractivity contribution in [2.24, 2.45) is 0 Å². The molecule has 0 unspecified atom stereocenters. The van der Waals surface area contributed by atoms with Crippen LogP contribution in [-0.2, 0) is 9.84 Å². The second-order valence-electron chi connectivity index (χ2n) is 3.78. The summed E-state index contributed by atoms with van der Waals surface area (Å²) in [6, 6.07) is 4.78. The van der Waals surface area contributed by atoms with Crippen LogP contribution >= 0.6 is 11.6 Å². The van der Waals surface area contributed by atoms with E-state index in [1.165, 1.54) is 0 Å². The molecule has 6 heteroatoms. The van der Waals surface area contributed by atoms with Gasteiger partial charge in [-0.3, -0.25) is 4.79 Å². The molecule has 0 atom stereocenters. The zero-order valence-corrected chi connectivity index (χ0v) is 11.6. The lowest BCUT2D eigenvalue weighted by Gasteiger charge is -2.10. The molecule has 0 spiro atoms. The number of halogens is 1. The molecule has 0 aliphatic rings. The van der Waals surface area contributed by atoms with Crippen molar-refractivity contribution in [1.82, 2.24) is 0 Å². The molecule has 0 N–H and O–H groups in total. The van der Waals surface area contributed by atoms with Gasteiger partial charge in [0, 0.05) is 0 Å². The predicted molar refractivity (Wildman–Crippen MR) is 71.3 cm³/mol. The zero-order valence-electron chi connectivity index (χ0n) is 10.1. The molecule has 0 heterocycles. The summed E-state index contributed by atoms with van der Waals surface area (Å²) in [5.74, 6) is 0.296. The number of hydrogen-bond acceptors (Lipinski definition) is 4. The van der Waals surface area contributed by atoms with Gasteiger partial charge in [-0.25, -0.2) is 8.42 Å². The lowest BCUT2D eigenvalue weighted by Crippen LogP contribution is -2.17. The van der Waals surface area contributed by atoms with Gasteiger partial charge < -0.3 is 4.74 Å². The van der Waals surface area contributed by atoms with Crippen molar-refractivity contribution in [3.05, 3.63) is 28.8 Å². The topological polar surface area (TPSA) is 60.4 Å². The van der Waals surface area contributed by atoms with Gasteiger partial charge in [0.25, 0.3) is 0 Å². The van der Waals surface area contributed by atoms with E-state index in [9.17, 15) is 13.2 Å². The highest BCUT2D eigenvalue weighted by Crippen LogP contribution is 2.27. The summed E-state index contributed by atoms with van der Waals surface area (Å²) in [6.07, 6.45) is 1.20. The van der Waals surface area contributed by atoms with Crippen LogP contribution in [0.5, 0.6) is 5.75 Å². The van der Waals surface area contributed by atoms with E-state index < -0.39 is 9.84 Å². The van der Waals surface area contributed by atoms with Crippen LogP contribution in [-0.4, -0.2) is 32.8 Å². The van der Waals surface area contributed by atoms with Gasteiger partial charge in [0.2, 0.25) is 0 Å². The lowest BCUT2D eigenvalue weighted by atomic mass is 10.2. The minimum Gasteiger partial charge on any atom is -0.490 e. The monoisotopic (exact) mass is 290 g/mol. The maximum atomic E-state index is 11.5. The van der Waals surface area contributed by atoms with Crippen molar-refractivity contribution < 1.29 is 17.9 Å². The Kier molecular flexibility index (Phi) is 5.62. The second-order valence-corrected chi connectivity index (χ2v) is 6.49. The largest absolute Gasteiger partial charge is 0.490 e. The number of para-hydroxylation sites is 1. The minimum atomic E-state index is -3.09. The molecule has 4 nitrogen and oxygen atoms in total. The fraction of sp³-hybridized carbons (Fsp3) is 0.417. The molecule has 0 aliphatic heterocycles. The number of sulfone groups is 1. The number of hydrogen-bond donors (Lipinski definition) is 0. The molecule has 0 aliphatic carbocycles. The van der Waals surface area contributed by atoms with Gasteiger partial charge in [-0.2, -0.15) is 0 Å². The first-order valence-electron chi connectivity index (χ1n) is 5.57. The van der Waals surface area contributed by atoms with Crippen LogP contribution in [0.15, 0.2) is 18.2 Å². The lowest BCUT2D eigenvalue weighted by molar-refractivity contribution is 0.112. The summed E-state index contributed by atoms with van der Waals surface area (Å²) in [4.78, 5) is 10.8. The van der Waals surface area contributed by atoms with Crippen LogP contribution in [0.25, 0.3) is 0 Å². The predicted octanol–water partition coefficient (Wildman–Crippen LogP) is 2.36. The van der Waals surface area contributed by atoms with Crippen LogP contribution in [0.2, 0.25) is 5.02 Å². The average Bonchev–Trinajstić information content (AvgIpc) is 2.30. The van der Waals surface area contributed by atoms with Crippen molar-refractivity contribution in [2.45, 2.75) is 13.3 Å². The molecular weight excluding hydrogens is 276 g/mol. The molecular formula is C12H15ClO4S. The highest BCUT2D eigenvalue weighted by molar-refractivity contribution is 7.91. The normalized spacial score (nSPS) is 11.2. The van der Waals surface area contributed by atoms with Crippen molar-refractivity contribution in [3.8, 4) is 5.75 Å². The van der Waals surface area contributed by atoms with E-state index in [2.05, 4.69) is 0 Å². The van der Waals surface area contributed by atoms with Crippen LogP contribution in [0.4, 0.5) is 0 Å². The number of rotatable bonds is 7. The van der Waals surface area contributed by atoms with Crippen LogP contribution in [0.1, 0.15) is 23.7 Å². The first-order valence-corrected chi connectivity index (χ1v) is 7.77. The van der Waals surface area contributed by atoms with Crippen LogP contribution in [0.3, 0.4) is 0 Å². The average molecular weight is 291 g/mol. The molecule has 0 saturated carbocycles. The van der Waals surface area contributed by atoms with Crippen molar-refractivity contribution in [3.63, 3.8) is 0 Å². The van der Waals surface area contributed by atoms with Gasteiger partial charge in [-0.15, -0.1) is 0 Å². The van der Waals surface area contributed by atoms with Gasteiger partial charge in [0.1, 0.15) is 12.4 Å². The first kappa shape index (κ1) is 15.0. The molecule has 1 aromatic carbocycles. The fourth-order valence-corrected chi connectivity index (χ4v) is 2.85. The Labute approximate surface area is 112 Å². The molecule has 100 valence electrons. The Morgan fingerprint density at radius 1 is 1.33 bits per heavy atom. The summed E-state index contributed by atoms with van der Waals surface area (Å²) in [7, 11) is -3.09. The van der Waals surface area contributed by atoms with Gasteiger partial charge >= 0.3 is 0 Å². The van der Waals surface area contributed by atoms with Gasteiger partial charge in [-0.1, -0.05) is 24.6 Å². The molecule has 18 heavy (non-hydrogen) atoms. The molecule has 0 radical (unpaired) electrons. The van der Waals surface area contributed by atoms with E-state index in [1.54, 1.807) is 25.1 Å². The van der Waals surface area contributed by atoms with Crippen LogP contribution in [0, 0.1) is 0 Å². The summed E-state index contributed by atoms with van der Waals surface area (Å²) < 4.78 is 28.3. The third-order valence-corrected chi connectivity index (χ3v) is 4.40. The third kappa shape index (κ3) is 4.31. The Morgan fingerprint density at radius 3 is 2.67 bits per heavy atom. The number of aldehydes is 1. The summed E-state index contributed by atoms with van der Waals surface area (Å²) >= 11 is 5.89. The standard InChI is InChI=1S/C12H15ClO4S/c1-2-7-18(15,16)8-6-17-12-10(9-14)4-3-5-11(12)13/h3-5,9H,2,6-8H2,1H3. The SMILES string of the molecule is CCCS(=O)(=O)CCOc1c(Cl)cccc1C=O. The van der Waals surface area contributed by atoms with Crippen LogP contribution < -0.4 is 4.74 Å². The summed E-state index contributed by atoms with van der Waals surface area (Å²) in [6.45, 7) is 1.80. The molecule has 0 saturated heterocycles. The highest BCUT2D eigenvalue weighted by Gasteiger charge is 2.12. The number of benzene rings is 1. The van der Waals surface area contributed by atoms with Crippen molar-refractivity contribution in [2.75, 3.05) is 18.1 Å². The van der Waals surface area contributed by atoms with E-state index in [-0.39, 0.29) is 23.9 Å². The second kappa shape index (κ2) is 6.75. The van der Waals surface area contributed by atoms with Crippen molar-refractivity contribution in [1.29, 1.82) is 0 Å². The Morgan fingerprint density at radius 2 is 2.06 bits per heavy atom. The molecule has 0 aromatic heterocycles. The summed E-state index contributed by atoms with van der Waals surface area (Å²) in [5, 5.41) is 0.299. The van der Waals surface area contributed by atoms with E-state index in [0.29, 0.717) is 23.3 Å². The fourth-order valence-electron chi connectivity index (χ4n) is 1.45. The number of carbonyl (C=O) groups excluding carboxylic acids is 1. The smallest absolute Gasteiger partial charge is 0.153 e. The maximum Gasteiger partial charge on any atom is 0.153 e. The molecule has 0 amide bonds. The Bertz CT molecular complexity index is 511. The number of ether oxygens (including phenoxy) is 1. The molecule has 1 rings (SSSR count). The van der Waals surface area contributed by atoms with Gasteiger partial charge in [0.05, 0.1) is 22.1 Å². The Balaban J connectivity index is 2.67. The Hall–Kier alpha value is -1.07. The van der Waals surface area contributed by atoms with E-state index >= 15 is 0 Å². The number of carbonyl (C=O) groups is 1. The summed E-state index contributed by atoms with van der Waals surface area (Å²) in [5.41, 5.74) is 0.315. The minimum absolute atomic E-state index is 0.00704. The third-order valence-electron chi connectivity index (χ3n) is 2.28. The quantitative estimate of drug-likeness (QED) is 0.723. The van der Waals surface area contributed by atoms with Gasteiger partial charge in [-0.05, 0) is 18.6 Å². The zero-order chi connectivity index (χ0) is 13.6. The molecule has 1 aromatic rings. The molecule has 0 bridgehead atoms. The molecule has 0 fully saturated rings. The van der Waals surface area contributed by atoms with E-state index in [1.807, 2.05) is 0 Å². The maximum absolute atomic E-state index is 11.5. The van der Waals surface area contributed by atoms with Gasteiger partial charge in [0.15, 0.2) is 16.1 Å². The highest BCUT2D eigenvalue weighted by atomic mass is 35.5.